The van der Waals surface area contributed by atoms with Crippen molar-refractivity contribution < 1.29 is 17.9 Å². The molecule has 2 aromatic carbocycles. The van der Waals surface area contributed by atoms with Crippen LogP contribution in [-0.4, -0.2) is 49.9 Å². The first-order valence-corrected chi connectivity index (χ1v) is 13.6. The van der Waals surface area contributed by atoms with E-state index in [0.29, 0.717) is 30.3 Å². The van der Waals surface area contributed by atoms with Crippen LogP contribution in [0.2, 0.25) is 0 Å². The standard InChI is InChI=1S/C24H27N3O4S2/c1-17-10-14-27(15-11-17)33(29,30)20-7-4-18(5-8-20)23(28)31-19-6-9-21-22(16-19)32-24(25-21)26-12-2-3-13-26/h4-9,16-17H,2-3,10-15H2,1H3. The van der Waals surface area contributed by atoms with Gasteiger partial charge in [0.1, 0.15) is 5.75 Å². The molecule has 9 heteroatoms. The van der Waals surface area contributed by atoms with Crippen molar-refractivity contribution in [3.05, 3.63) is 48.0 Å². The summed E-state index contributed by atoms with van der Waals surface area (Å²) in [4.78, 5) is 19.8. The first-order valence-electron chi connectivity index (χ1n) is 11.4. The molecule has 0 spiro atoms. The maximum absolute atomic E-state index is 12.9. The van der Waals surface area contributed by atoms with Crippen molar-refractivity contribution in [2.75, 3.05) is 31.1 Å². The summed E-state index contributed by atoms with van der Waals surface area (Å²) in [5.41, 5.74) is 1.20. The highest BCUT2D eigenvalue weighted by molar-refractivity contribution is 7.89. The van der Waals surface area contributed by atoms with Gasteiger partial charge in [0, 0.05) is 32.2 Å². The number of nitrogens with zero attached hydrogens (tertiary/aromatic N) is 3. The number of anilines is 1. The number of aromatic nitrogens is 1. The van der Waals surface area contributed by atoms with Gasteiger partial charge in [0.05, 0.1) is 20.7 Å². The minimum absolute atomic E-state index is 0.203. The summed E-state index contributed by atoms with van der Waals surface area (Å²) < 4.78 is 33.8. The maximum atomic E-state index is 12.9. The number of sulfonamides is 1. The van der Waals surface area contributed by atoms with Gasteiger partial charge < -0.3 is 9.64 Å². The van der Waals surface area contributed by atoms with Gasteiger partial charge in [-0.2, -0.15) is 4.31 Å². The Morgan fingerprint density at radius 1 is 1.03 bits per heavy atom. The van der Waals surface area contributed by atoms with Gasteiger partial charge in [-0.1, -0.05) is 18.3 Å². The summed E-state index contributed by atoms with van der Waals surface area (Å²) >= 11 is 1.60. The molecule has 174 valence electrons. The van der Waals surface area contributed by atoms with Gasteiger partial charge in [-0.3, -0.25) is 0 Å². The molecular weight excluding hydrogens is 458 g/mol. The molecule has 0 unspecified atom stereocenters. The zero-order valence-electron chi connectivity index (χ0n) is 18.6. The number of fused-ring (bicyclic) bond motifs is 1. The van der Waals surface area contributed by atoms with Crippen LogP contribution in [0.15, 0.2) is 47.4 Å². The number of esters is 1. The fraction of sp³-hybridized carbons (Fsp3) is 0.417. The van der Waals surface area contributed by atoms with Crippen LogP contribution in [0.25, 0.3) is 10.2 Å². The molecule has 33 heavy (non-hydrogen) atoms. The molecule has 2 aliphatic heterocycles. The minimum Gasteiger partial charge on any atom is -0.423 e. The van der Waals surface area contributed by atoms with Crippen molar-refractivity contribution in [3.63, 3.8) is 0 Å². The smallest absolute Gasteiger partial charge is 0.343 e. The zero-order chi connectivity index (χ0) is 23.0. The van der Waals surface area contributed by atoms with E-state index < -0.39 is 16.0 Å². The molecule has 0 saturated carbocycles. The Kier molecular flexibility index (Phi) is 6.11. The van der Waals surface area contributed by atoms with Crippen molar-refractivity contribution >= 4 is 42.7 Å². The largest absolute Gasteiger partial charge is 0.423 e. The molecule has 0 N–H and O–H groups in total. The first-order chi connectivity index (χ1) is 15.9. The lowest BCUT2D eigenvalue weighted by Crippen LogP contribution is -2.37. The third kappa shape index (κ3) is 4.62. The van der Waals surface area contributed by atoms with Gasteiger partial charge in [0.25, 0.3) is 0 Å². The van der Waals surface area contributed by atoms with Crippen LogP contribution in [0.1, 0.15) is 43.0 Å². The second-order valence-corrected chi connectivity index (χ2v) is 11.8. The number of carbonyl (C=O) groups excluding carboxylic acids is 1. The highest BCUT2D eigenvalue weighted by Crippen LogP contribution is 2.33. The summed E-state index contributed by atoms with van der Waals surface area (Å²) in [6, 6.07) is 11.4. The molecule has 3 aromatic rings. The van der Waals surface area contributed by atoms with E-state index in [9.17, 15) is 13.2 Å². The average Bonchev–Trinajstić information content (AvgIpc) is 3.49. The predicted octanol–water partition coefficient (Wildman–Crippen LogP) is 4.54. The fourth-order valence-electron chi connectivity index (χ4n) is 4.30. The Morgan fingerprint density at radius 3 is 2.42 bits per heavy atom. The van der Waals surface area contributed by atoms with Crippen LogP contribution >= 0.6 is 11.3 Å². The summed E-state index contributed by atoms with van der Waals surface area (Å²) in [6.45, 7) is 5.28. The maximum Gasteiger partial charge on any atom is 0.343 e. The molecular formula is C24H27N3O4S2. The lowest BCUT2D eigenvalue weighted by atomic mass is 10.0. The summed E-state index contributed by atoms with van der Waals surface area (Å²) in [5.74, 6) is 0.474. The number of carbonyl (C=O) groups is 1. The molecule has 0 aliphatic carbocycles. The van der Waals surface area contributed by atoms with E-state index in [1.54, 1.807) is 17.4 Å². The highest BCUT2D eigenvalue weighted by atomic mass is 32.2. The lowest BCUT2D eigenvalue weighted by molar-refractivity contribution is 0.0735. The van der Waals surface area contributed by atoms with E-state index in [2.05, 4.69) is 11.8 Å². The molecule has 3 heterocycles. The molecule has 2 saturated heterocycles. The zero-order valence-corrected chi connectivity index (χ0v) is 20.2. The molecule has 2 aliphatic rings. The Bertz CT molecular complexity index is 1260. The van der Waals surface area contributed by atoms with Crippen molar-refractivity contribution in [1.29, 1.82) is 0 Å². The number of benzene rings is 2. The topological polar surface area (TPSA) is 79.8 Å². The molecule has 5 rings (SSSR count). The number of hydrogen-bond donors (Lipinski definition) is 0. The fourth-order valence-corrected chi connectivity index (χ4v) is 6.82. The summed E-state index contributed by atoms with van der Waals surface area (Å²) in [6.07, 6.45) is 4.12. The third-order valence-corrected chi connectivity index (χ3v) is 9.40. The van der Waals surface area contributed by atoms with Gasteiger partial charge in [0.2, 0.25) is 10.0 Å². The van der Waals surface area contributed by atoms with Crippen LogP contribution in [0.3, 0.4) is 0 Å². The van der Waals surface area contributed by atoms with Crippen molar-refractivity contribution in [1.82, 2.24) is 9.29 Å². The first kappa shape index (κ1) is 22.3. The molecule has 0 radical (unpaired) electrons. The van der Waals surface area contributed by atoms with Crippen molar-refractivity contribution in [2.45, 2.75) is 37.5 Å². The number of rotatable bonds is 5. The van der Waals surface area contributed by atoms with E-state index in [0.717, 1.165) is 41.3 Å². The normalized spacial score (nSPS) is 18.2. The molecule has 0 bridgehead atoms. The van der Waals surface area contributed by atoms with Gasteiger partial charge in [-0.15, -0.1) is 0 Å². The van der Waals surface area contributed by atoms with E-state index in [1.807, 2.05) is 12.1 Å². The van der Waals surface area contributed by atoms with Gasteiger partial charge in [0.15, 0.2) is 5.13 Å². The second-order valence-electron chi connectivity index (χ2n) is 8.82. The minimum atomic E-state index is -3.54. The molecule has 0 amide bonds. The van der Waals surface area contributed by atoms with Crippen LogP contribution in [0.4, 0.5) is 5.13 Å². The van der Waals surface area contributed by atoms with Crippen molar-refractivity contribution in [2.24, 2.45) is 5.92 Å². The monoisotopic (exact) mass is 485 g/mol. The van der Waals surface area contributed by atoms with E-state index in [-0.39, 0.29) is 4.90 Å². The third-order valence-electron chi connectivity index (χ3n) is 6.41. The lowest BCUT2D eigenvalue weighted by Gasteiger charge is -2.29. The van der Waals surface area contributed by atoms with Crippen LogP contribution in [0.5, 0.6) is 5.75 Å². The molecule has 2 fully saturated rings. The molecule has 0 atom stereocenters. The van der Waals surface area contributed by atoms with Gasteiger partial charge >= 0.3 is 5.97 Å². The Labute approximate surface area is 198 Å². The van der Waals surface area contributed by atoms with Crippen molar-refractivity contribution in [3.8, 4) is 5.75 Å². The molecule has 1 aromatic heterocycles. The Hall–Kier alpha value is -2.49. The van der Waals surface area contributed by atoms with Crippen LogP contribution < -0.4 is 9.64 Å². The SMILES string of the molecule is CC1CCN(S(=O)(=O)c2ccc(C(=O)Oc3ccc4nc(N5CCCC5)sc4c3)cc2)CC1. The number of ether oxygens (including phenoxy) is 1. The van der Waals surface area contributed by atoms with Gasteiger partial charge in [-0.05, 0) is 68.0 Å². The Morgan fingerprint density at radius 2 is 1.73 bits per heavy atom. The molecule has 7 nitrogen and oxygen atoms in total. The second kappa shape index (κ2) is 9.04. The number of hydrogen-bond acceptors (Lipinski definition) is 7. The predicted molar refractivity (Wildman–Crippen MR) is 130 cm³/mol. The average molecular weight is 486 g/mol. The van der Waals surface area contributed by atoms with Crippen LogP contribution in [0, 0.1) is 5.92 Å². The van der Waals surface area contributed by atoms with E-state index in [4.69, 9.17) is 9.72 Å². The number of piperidine rings is 1. The summed E-state index contributed by atoms with van der Waals surface area (Å²) in [7, 11) is -3.54. The van der Waals surface area contributed by atoms with Crippen LogP contribution in [-0.2, 0) is 10.0 Å². The summed E-state index contributed by atoms with van der Waals surface area (Å²) in [5, 5.41) is 1.01. The van der Waals surface area contributed by atoms with Gasteiger partial charge in [-0.25, -0.2) is 18.2 Å². The van der Waals surface area contributed by atoms with E-state index in [1.165, 1.54) is 41.4 Å². The van der Waals surface area contributed by atoms with E-state index >= 15 is 0 Å². The highest BCUT2D eigenvalue weighted by Gasteiger charge is 2.28. The Balaban J connectivity index is 1.28. The quantitative estimate of drug-likeness (QED) is 0.390. The number of thiazole rings is 1.